The highest BCUT2D eigenvalue weighted by Crippen LogP contribution is 2.39. The number of hydrogen-bond donors (Lipinski definition) is 0. The van der Waals surface area contributed by atoms with Crippen LogP contribution >= 0.6 is 0 Å². The zero-order valence-electron chi connectivity index (χ0n) is 15.6. The Morgan fingerprint density at radius 3 is 2.50 bits per heavy atom. The van der Waals surface area contributed by atoms with Crippen LogP contribution < -0.4 is 0 Å². The second-order valence-electron chi connectivity index (χ2n) is 8.17. The number of piperidine rings is 1. The monoisotopic (exact) mass is 353 g/mol. The van der Waals surface area contributed by atoms with Crippen LogP contribution in [0, 0.1) is 18.2 Å². The van der Waals surface area contributed by atoms with E-state index >= 15 is 0 Å². The largest absolute Gasteiger partial charge is 0.298 e. The highest BCUT2D eigenvalue weighted by molar-refractivity contribution is 5.16. The lowest BCUT2D eigenvalue weighted by molar-refractivity contribution is 0.0864. The predicted octanol–water partition coefficient (Wildman–Crippen LogP) is 4.02. The maximum Gasteiger partial charge on any atom is 0.123 e. The van der Waals surface area contributed by atoms with E-state index in [4.69, 9.17) is 0 Å². The first-order chi connectivity index (χ1) is 12.6. The number of likely N-dealkylation sites (tertiary alicyclic amines) is 2. The van der Waals surface area contributed by atoms with Crippen LogP contribution in [0.4, 0.5) is 4.39 Å². The molecule has 0 radical (unpaired) electrons. The zero-order valence-corrected chi connectivity index (χ0v) is 15.6. The van der Waals surface area contributed by atoms with Gasteiger partial charge in [0.25, 0.3) is 0 Å². The molecule has 2 aromatic rings. The van der Waals surface area contributed by atoms with E-state index in [-0.39, 0.29) is 5.82 Å². The van der Waals surface area contributed by atoms with Crippen LogP contribution in [-0.2, 0) is 13.1 Å². The summed E-state index contributed by atoms with van der Waals surface area (Å²) in [5.74, 6) is -0.153. The second-order valence-corrected chi connectivity index (χ2v) is 8.17. The lowest BCUT2D eigenvalue weighted by Gasteiger charge is -2.40. The first-order valence-electron chi connectivity index (χ1n) is 9.72. The normalized spacial score (nSPS) is 24.4. The summed E-state index contributed by atoms with van der Waals surface area (Å²) in [6.45, 7) is 8.59. The van der Waals surface area contributed by atoms with Gasteiger partial charge in [0.15, 0.2) is 0 Å². The van der Waals surface area contributed by atoms with Crippen molar-refractivity contribution >= 4 is 0 Å². The summed E-state index contributed by atoms with van der Waals surface area (Å²) in [6, 6.07) is 13.3. The summed E-state index contributed by atoms with van der Waals surface area (Å²) in [4.78, 5) is 9.80. The van der Waals surface area contributed by atoms with E-state index in [9.17, 15) is 4.39 Å². The van der Waals surface area contributed by atoms with Gasteiger partial charge in [0.2, 0.25) is 0 Å². The summed E-state index contributed by atoms with van der Waals surface area (Å²) in [5, 5.41) is 0. The highest BCUT2D eigenvalue weighted by atomic mass is 19.1. The van der Waals surface area contributed by atoms with E-state index < -0.39 is 0 Å². The quantitative estimate of drug-likeness (QED) is 0.828. The Morgan fingerprint density at radius 1 is 0.962 bits per heavy atom. The average Bonchev–Trinajstić information content (AvgIpc) is 2.99. The van der Waals surface area contributed by atoms with Crippen LogP contribution in [0.5, 0.6) is 0 Å². The van der Waals surface area contributed by atoms with Crippen molar-refractivity contribution in [3.8, 4) is 0 Å². The van der Waals surface area contributed by atoms with E-state index in [1.807, 2.05) is 12.1 Å². The molecule has 0 bridgehead atoms. The first-order valence-corrected chi connectivity index (χ1v) is 9.72. The molecule has 2 fully saturated rings. The molecule has 1 unspecified atom stereocenters. The van der Waals surface area contributed by atoms with Gasteiger partial charge in [0.05, 0.1) is 5.69 Å². The van der Waals surface area contributed by atoms with Gasteiger partial charge in [0, 0.05) is 31.9 Å². The molecule has 2 aliphatic rings. The van der Waals surface area contributed by atoms with Gasteiger partial charge < -0.3 is 0 Å². The van der Waals surface area contributed by atoms with Gasteiger partial charge in [-0.3, -0.25) is 14.8 Å². The Kier molecular flexibility index (Phi) is 5.05. The van der Waals surface area contributed by atoms with Crippen molar-refractivity contribution < 1.29 is 4.39 Å². The minimum Gasteiger partial charge on any atom is -0.298 e. The molecular formula is C22H28FN3. The van der Waals surface area contributed by atoms with E-state index in [1.54, 1.807) is 12.1 Å². The summed E-state index contributed by atoms with van der Waals surface area (Å²) in [7, 11) is 0. The molecule has 2 saturated heterocycles. The predicted molar refractivity (Wildman–Crippen MR) is 102 cm³/mol. The molecule has 4 heteroatoms. The van der Waals surface area contributed by atoms with Gasteiger partial charge in [-0.2, -0.15) is 0 Å². The standard InChI is InChI=1S/C22H28FN3/c1-18-4-2-5-21(24-18)15-26-13-11-22(17-26)10-3-12-25(16-22)14-19-6-8-20(23)9-7-19/h2,4-9H,3,10-17H2,1H3. The fraction of sp³-hybridized carbons (Fsp3) is 0.500. The average molecular weight is 353 g/mol. The molecule has 3 heterocycles. The zero-order chi connectivity index (χ0) is 18.0. The third kappa shape index (κ3) is 4.13. The maximum atomic E-state index is 13.1. The third-order valence-electron chi connectivity index (χ3n) is 5.91. The lowest BCUT2D eigenvalue weighted by Crippen LogP contribution is -2.44. The Bertz CT molecular complexity index is 745. The number of halogens is 1. The Morgan fingerprint density at radius 2 is 1.73 bits per heavy atom. The molecule has 0 saturated carbocycles. The molecule has 138 valence electrons. The molecule has 1 spiro atoms. The molecule has 0 N–H and O–H groups in total. The van der Waals surface area contributed by atoms with Gasteiger partial charge in [-0.25, -0.2) is 4.39 Å². The van der Waals surface area contributed by atoms with Crippen LogP contribution in [0.2, 0.25) is 0 Å². The SMILES string of the molecule is Cc1cccc(CN2CCC3(CCCN(Cc4ccc(F)cc4)C3)C2)n1. The maximum absolute atomic E-state index is 13.1. The molecule has 26 heavy (non-hydrogen) atoms. The summed E-state index contributed by atoms with van der Waals surface area (Å²) in [6.07, 6.45) is 3.86. The van der Waals surface area contributed by atoms with E-state index in [0.29, 0.717) is 5.41 Å². The fourth-order valence-electron chi connectivity index (χ4n) is 4.71. The van der Waals surface area contributed by atoms with Crippen molar-refractivity contribution in [2.24, 2.45) is 5.41 Å². The third-order valence-corrected chi connectivity index (χ3v) is 5.91. The van der Waals surface area contributed by atoms with Gasteiger partial charge >= 0.3 is 0 Å². The molecule has 1 aromatic heterocycles. The second kappa shape index (κ2) is 7.45. The van der Waals surface area contributed by atoms with Crippen molar-refractivity contribution in [3.05, 3.63) is 65.2 Å². The van der Waals surface area contributed by atoms with Crippen LogP contribution in [0.15, 0.2) is 42.5 Å². The summed E-state index contributed by atoms with van der Waals surface area (Å²) in [5.41, 5.74) is 3.91. The fourth-order valence-corrected chi connectivity index (χ4v) is 4.71. The summed E-state index contributed by atoms with van der Waals surface area (Å²) >= 11 is 0. The number of benzene rings is 1. The van der Waals surface area contributed by atoms with Crippen LogP contribution in [-0.4, -0.2) is 41.0 Å². The number of aromatic nitrogens is 1. The van der Waals surface area contributed by atoms with Gasteiger partial charge in [-0.15, -0.1) is 0 Å². The van der Waals surface area contributed by atoms with E-state index in [2.05, 4.69) is 39.9 Å². The van der Waals surface area contributed by atoms with Crippen molar-refractivity contribution in [2.75, 3.05) is 26.2 Å². The highest BCUT2D eigenvalue weighted by Gasteiger charge is 2.41. The van der Waals surface area contributed by atoms with Gasteiger partial charge in [-0.1, -0.05) is 18.2 Å². The van der Waals surface area contributed by atoms with Crippen LogP contribution in [0.1, 0.15) is 36.2 Å². The number of rotatable bonds is 4. The van der Waals surface area contributed by atoms with Gasteiger partial charge in [0.1, 0.15) is 5.82 Å². The van der Waals surface area contributed by atoms with Crippen LogP contribution in [0.3, 0.4) is 0 Å². The molecule has 4 rings (SSSR count). The lowest BCUT2D eigenvalue weighted by atomic mass is 9.79. The van der Waals surface area contributed by atoms with Crippen molar-refractivity contribution in [1.82, 2.24) is 14.8 Å². The number of nitrogens with zero attached hydrogens (tertiary/aromatic N) is 3. The summed E-state index contributed by atoms with van der Waals surface area (Å²) < 4.78 is 13.1. The number of pyridine rings is 1. The minimum absolute atomic E-state index is 0.153. The minimum atomic E-state index is -0.153. The van der Waals surface area contributed by atoms with Crippen molar-refractivity contribution in [1.29, 1.82) is 0 Å². The molecule has 2 aliphatic heterocycles. The van der Waals surface area contributed by atoms with E-state index in [0.717, 1.165) is 31.9 Å². The number of aryl methyl sites for hydroxylation is 1. The molecule has 1 atom stereocenters. The topological polar surface area (TPSA) is 19.4 Å². The Balaban J connectivity index is 1.37. The Labute approximate surface area is 155 Å². The van der Waals surface area contributed by atoms with Crippen molar-refractivity contribution in [2.45, 2.75) is 39.3 Å². The molecule has 0 amide bonds. The molecular weight excluding hydrogens is 325 g/mol. The molecule has 0 aliphatic carbocycles. The molecule has 3 nitrogen and oxygen atoms in total. The van der Waals surface area contributed by atoms with Crippen molar-refractivity contribution in [3.63, 3.8) is 0 Å². The molecule has 1 aromatic carbocycles. The van der Waals surface area contributed by atoms with Crippen LogP contribution in [0.25, 0.3) is 0 Å². The van der Waals surface area contributed by atoms with E-state index in [1.165, 1.54) is 43.6 Å². The smallest absolute Gasteiger partial charge is 0.123 e. The first kappa shape index (κ1) is 17.6. The Hall–Kier alpha value is -1.78. The van der Waals surface area contributed by atoms with Gasteiger partial charge in [-0.05, 0) is 74.5 Å². The number of hydrogen-bond acceptors (Lipinski definition) is 3.